The van der Waals surface area contributed by atoms with Crippen LogP contribution in [0.15, 0.2) is 30.5 Å². The first kappa shape index (κ1) is 13.3. The molecule has 5 heteroatoms. The van der Waals surface area contributed by atoms with Crippen molar-refractivity contribution in [2.45, 2.75) is 20.0 Å². The number of thiazole rings is 1. The number of benzene rings is 1. The van der Waals surface area contributed by atoms with Crippen LogP contribution in [0.1, 0.15) is 17.4 Å². The Hall–Kier alpha value is -1.10. The molecular weight excluding hydrogens is 266 g/mol. The summed E-state index contributed by atoms with van der Waals surface area (Å²) in [5.41, 5.74) is 6.86. The van der Waals surface area contributed by atoms with Crippen LogP contribution in [0, 0.1) is 0 Å². The lowest BCUT2D eigenvalue weighted by molar-refractivity contribution is 0.273. The van der Waals surface area contributed by atoms with Crippen molar-refractivity contribution in [2.75, 3.05) is 12.3 Å². The predicted octanol–water partition coefficient (Wildman–Crippen LogP) is 3.40. The average molecular weight is 282 g/mol. The SMILES string of the molecule is CCN(Cc1cccc(Cl)c1)Cc1cnc(N)s1. The summed E-state index contributed by atoms with van der Waals surface area (Å²) in [7, 11) is 0. The Morgan fingerprint density at radius 1 is 1.39 bits per heavy atom. The smallest absolute Gasteiger partial charge is 0.180 e. The Morgan fingerprint density at radius 3 is 2.83 bits per heavy atom. The summed E-state index contributed by atoms with van der Waals surface area (Å²) >= 11 is 7.54. The van der Waals surface area contributed by atoms with Gasteiger partial charge in [0.2, 0.25) is 0 Å². The number of nitrogens with two attached hydrogens (primary N) is 1. The lowest BCUT2D eigenvalue weighted by Gasteiger charge is -2.19. The van der Waals surface area contributed by atoms with Crippen molar-refractivity contribution in [1.82, 2.24) is 9.88 Å². The first-order valence-electron chi connectivity index (χ1n) is 5.84. The fourth-order valence-corrected chi connectivity index (χ4v) is 2.73. The van der Waals surface area contributed by atoms with E-state index in [1.807, 2.05) is 24.4 Å². The van der Waals surface area contributed by atoms with Gasteiger partial charge in [-0.2, -0.15) is 0 Å². The first-order chi connectivity index (χ1) is 8.67. The summed E-state index contributed by atoms with van der Waals surface area (Å²) < 4.78 is 0. The van der Waals surface area contributed by atoms with E-state index in [2.05, 4.69) is 22.9 Å². The average Bonchev–Trinajstić information content (AvgIpc) is 2.74. The van der Waals surface area contributed by atoms with Crippen LogP contribution >= 0.6 is 22.9 Å². The number of hydrogen-bond donors (Lipinski definition) is 1. The first-order valence-corrected chi connectivity index (χ1v) is 7.04. The van der Waals surface area contributed by atoms with Gasteiger partial charge in [0.15, 0.2) is 5.13 Å². The number of nitrogen functional groups attached to an aromatic ring is 1. The highest BCUT2D eigenvalue weighted by Gasteiger charge is 2.07. The molecule has 18 heavy (non-hydrogen) atoms. The van der Waals surface area contributed by atoms with Crippen molar-refractivity contribution in [1.29, 1.82) is 0 Å². The van der Waals surface area contributed by atoms with Crippen LogP contribution in [-0.2, 0) is 13.1 Å². The lowest BCUT2D eigenvalue weighted by atomic mass is 10.2. The second-order valence-corrected chi connectivity index (χ2v) is 5.68. The van der Waals surface area contributed by atoms with Crippen molar-refractivity contribution in [3.63, 3.8) is 0 Å². The Balaban J connectivity index is 2.01. The maximum Gasteiger partial charge on any atom is 0.180 e. The molecule has 1 aromatic carbocycles. The van der Waals surface area contributed by atoms with Crippen LogP contribution in [0.2, 0.25) is 5.02 Å². The van der Waals surface area contributed by atoms with Gasteiger partial charge in [0.25, 0.3) is 0 Å². The monoisotopic (exact) mass is 281 g/mol. The highest BCUT2D eigenvalue weighted by molar-refractivity contribution is 7.15. The minimum absolute atomic E-state index is 0.629. The van der Waals surface area contributed by atoms with Gasteiger partial charge < -0.3 is 5.73 Å². The van der Waals surface area contributed by atoms with E-state index in [1.165, 1.54) is 10.4 Å². The largest absolute Gasteiger partial charge is 0.375 e. The zero-order chi connectivity index (χ0) is 13.0. The highest BCUT2D eigenvalue weighted by Crippen LogP contribution is 2.18. The third-order valence-corrected chi connectivity index (χ3v) is 3.74. The second kappa shape index (κ2) is 6.18. The Kier molecular flexibility index (Phi) is 4.58. The van der Waals surface area contributed by atoms with Crippen molar-refractivity contribution in [2.24, 2.45) is 0 Å². The minimum Gasteiger partial charge on any atom is -0.375 e. The third kappa shape index (κ3) is 3.70. The van der Waals surface area contributed by atoms with Crippen molar-refractivity contribution in [3.8, 4) is 0 Å². The lowest BCUT2D eigenvalue weighted by Crippen LogP contribution is -2.21. The Bertz CT molecular complexity index is 512. The van der Waals surface area contributed by atoms with Gasteiger partial charge in [0.05, 0.1) is 0 Å². The summed E-state index contributed by atoms with van der Waals surface area (Å²) in [5, 5.41) is 1.41. The summed E-state index contributed by atoms with van der Waals surface area (Å²) in [4.78, 5) is 7.60. The molecule has 2 rings (SSSR count). The van der Waals surface area contributed by atoms with E-state index in [4.69, 9.17) is 17.3 Å². The molecule has 3 nitrogen and oxygen atoms in total. The van der Waals surface area contributed by atoms with Gasteiger partial charge in [0.1, 0.15) is 0 Å². The fraction of sp³-hybridized carbons (Fsp3) is 0.308. The number of hydrogen-bond acceptors (Lipinski definition) is 4. The van der Waals surface area contributed by atoms with Crippen molar-refractivity contribution < 1.29 is 0 Å². The van der Waals surface area contributed by atoms with E-state index < -0.39 is 0 Å². The fourth-order valence-electron chi connectivity index (χ4n) is 1.79. The summed E-state index contributed by atoms with van der Waals surface area (Å²) in [6.07, 6.45) is 1.85. The van der Waals surface area contributed by atoms with E-state index in [1.54, 1.807) is 11.3 Å². The molecule has 1 aromatic heterocycles. The molecule has 1 heterocycles. The van der Waals surface area contributed by atoms with E-state index in [0.717, 1.165) is 24.7 Å². The molecule has 2 aromatic rings. The number of anilines is 1. The van der Waals surface area contributed by atoms with Gasteiger partial charge in [-0.1, -0.05) is 30.7 Å². The normalized spacial score (nSPS) is 11.1. The molecule has 0 saturated heterocycles. The number of nitrogens with zero attached hydrogens (tertiary/aromatic N) is 2. The quantitative estimate of drug-likeness (QED) is 0.913. The molecule has 0 aliphatic carbocycles. The van der Waals surface area contributed by atoms with Gasteiger partial charge in [-0.25, -0.2) is 4.98 Å². The standard InChI is InChI=1S/C13H16ClN3S/c1-2-17(9-12-7-16-13(15)18-12)8-10-4-3-5-11(14)6-10/h3-7H,2,8-9H2,1H3,(H2,15,16). The molecular formula is C13H16ClN3S. The van der Waals surface area contributed by atoms with Gasteiger partial charge in [-0.15, -0.1) is 11.3 Å². The van der Waals surface area contributed by atoms with E-state index >= 15 is 0 Å². The summed E-state index contributed by atoms with van der Waals surface area (Å²) in [6.45, 7) is 4.88. The Morgan fingerprint density at radius 2 is 2.22 bits per heavy atom. The summed E-state index contributed by atoms with van der Waals surface area (Å²) in [6, 6.07) is 7.97. The molecule has 96 valence electrons. The van der Waals surface area contributed by atoms with E-state index in [-0.39, 0.29) is 0 Å². The van der Waals surface area contributed by atoms with Crippen LogP contribution in [0.5, 0.6) is 0 Å². The van der Waals surface area contributed by atoms with Crippen molar-refractivity contribution >= 4 is 28.1 Å². The molecule has 0 aliphatic heterocycles. The molecule has 0 spiro atoms. The highest BCUT2D eigenvalue weighted by atomic mass is 35.5. The minimum atomic E-state index is 0.629. The van der Waals surface area contributed by atoms with Gasteiger partial charge in [-0.05, 0) is 24.2 Å². The molecule has 2 N–H and O–H groups in total. The molecule has 0 aliphatic rings. The zero-order valence-corrected chi connectivity index (χ0v) is 11.8. The van der Waals surface area contributed by atoms with E-state index in [0.29, 0.717) is 5.13 Å². The number of rotatable bonds is 5. The molecule has 0 radical (unpaired) electrons. The second-order valence-electron chi connectivity index (χ2n) is 4.10. The maximum atomic E-state index is 5.99. The van der Waals surface area contributed by atoms with Crippen LogP contribution in [0.3, 0.4) is 0 Å². The zero-order valence-electron chi connectivity index (χ0n) is 10.3. The third-order valence-electron chi connectivity index (χ3n) is 2.69. The molecule has 0 bridgehead atoms. The summed E-state index contributed by atoms with van der Waals surface area (Å²) in [5.74, 6) is 0. The molecule has 0 unspecified atom stereocenters. The van der Waals surface area contributed by atoms with E-state index in [9.17, 15) is 0 Å². The van der Waals surface area contributed by atoms with Crippen LogP contribution < -0.4 is 5.73 Å². The maximum absolute atomic E-state index is 5.99. The molecule has 0 atom stereocenters. The predicted molar refractivity (Wildman–Crippen MR) is 77.8 cm³/mol. The number of halogens is 1. The van der Waals surface area contributed by atoms with Gasteiger partial charge in [0, 0.05) is 29.2 Å². The topological polar surface area (TPSA) is 42.2 Å². The van der Waals surface area contributed by atoms with Crippen LogP contribution in [0.25, 0.3) is 0 Å². The molecule has 0 saturated carbocycles. The van der Waals surface area contributed by atoms with Crippen molar-refractivity contribution in [3.05, 3.63) is 45.9 Å². The van der Waals surface area contributed by atoms with Gasteiger partial charge in [-0.3, -0.25) is 4.90 Å². The van der Waals surface area contributed by atoms with Crippen LogP contribution in [0.4, 0.5) is 5.13 Å². The van der Waals surface area contributed by atoms with Crippen LogP contribution in [-0.4, -0.2) is 16.4 Å². The van der Waals surface area contributed by atoms with Gasteiger partial charge >= 0.3 is 0 Å². The molecule has 0 fully saturated rings. The molecule has 0 amide bonds. The number of aromatic nitrogens is 1. The Labute approximate surface area is 116 Å².